The summed E-state index contributed by atoms with van der Waals surface area (Å²) in [6.45, 7) is 1.95. The first kappa shape index (κ1) is 10.4. The summed E-state index contributed by atoms with van der Waals surface area (Å²) in [5.41, 5.74) is 1.95. The standard InChI is InChI=1S/C12H12N2O2/c1-9-10(8-13-14(9)2)5-6-11(15)12-4-3-7-16-12/h3-8H,1-2H3. The Morgan fingerprint density at radius 1 is 1.56 bits per heavy atom. The number of nitrogens with zero attached hydrogens (tertiary/aromatic N) is 2. The van der Waals surface area contributed by atoms with Gasteiger partial charge in [-0.25, -0.2) is 0 Å². The van der Waals surface area contributed by atoms with Crippen LogP contribution in [0.3, 0.4) is 0 Å². The van der Waals surface area contributed by atoms with Gasteiger partial charge in [-0.3, -0.25) is 9.48 Å². The van der Waals surface area contributed by atoms with Crippen LogP contribution in [0.1, 0.15) is 21.8 Å². The van der Waals surface area contributed by atoms with E-state index in [1.807, 2.05) is 14.0 Å². The molecule has 0 aliphatic carbocycles. The van der Waals surface area contributed by atoms with Crippen molar-refractivity contribution in [2.45, 2.75) is 6.92 Å². The first-order valence-corrected chi connectivity index (χ1v) is 4.93. The highest BCUT2D eigenvalue weighted by Gasteiger charge is 2.05. The number of carbonyl (C=O) groups is 1. The molecule has 2 aromatic rings. The van der Waals surface area contributed by atoms with E-state index in [-0.39, 0.29) is 5.78 Å². The Balaban J connectivity index is 2.16. The van der Waals surface area contributed by atoms with Crippen molar-refractivity contribution in [3.8, 4) is 0 Å². The van der Waals surface area contributed by atoms with Gasteiger partial charge in [0, 0.05) is 18.3 Å². The van der Waals surface area contributed by atoms with Crippen molar-refractivity contribution in [1.82, 2.24) is 9.78 Å². The van der Waals surface area contributed by atoms with Gasteiger partial charge in [0.1, 0.15) is 0 Å². The zero-order valence-electron chi connectivity index (χ0n) is 9.18. The molecular weight excluding hydrogens is 204 g/mol. The van der Waals surface area contributed by atoms with Crippen molar-refractivity contribution in [1.29, 1.82) is 0 Å². The Bertz CT molecular complexity index is 521. The number of aryl methyl sites for hydroxylation is 1. The summed E-state index contributed by atoms with van der Waals surface area (Å²) in [5.74, 6) is 0.200. The Morgan fingerprint density at radius 2 is 2.38 bits per heavy atom. The molecule has 0 bridgehead atoms. The maximum absolute atomic E-state index is 11.6. The summed E-state index contributed by atoms with van der Waals surface area (Å²) in [7, 11) is 1.86. The van der Waals surface area contributed by atoms with Gasteiger partial charge in [0.15, 0.2) is 5.76 Å². The van der Waals surface area contributed by atoms with Gasteiger partial charge in [0.05, 0.1) is 12.5 Å². The van der Waals surface area contributed by atoms with Crippen LogP contribution >= 0.6 is 0 Å². The highest BCUT2D eigenvalue weighted by Crippen LogP contribution is 2.09. The van der Waals surface area contributed by atoms with E-state index < -0.39 is 0 Å². The van der Waals surface area contributed by atoms with Gasteiger partial charge in [0.25, 0.3) is 0 Å². The average Bonchev–Trinajstić information content (AvgIpc) is 2.89. The second kappa shape index (κ2) is 4.18. The number of ketones is 1. The lowest BCUT2D eigenvalue weighted by atomic mass is 10.2. The number of furan rings is 1. The first-order valence-electron chi connectivity index (χ1n) is 4.93. The maximum Gasteiger partial charge on any atom is 0.221 e. The van der Waals surface area contributed by atoms with Gasteiger partial charge >= 0.3 is 0 Å². The summed E-state index contributed by atoms with van der Waals surface area (Å²) >= 11 is 0. The highest BCUT2D eigenvalue weighted by atomic mass is 16.3. The summed E-state index contributed by atoms with van der Waals surface area (Å²) in [6.07, 6.45) is 6.44. The fraction of sp³-hybridized carbons (Fsp3) is 0.167. The Morgan fingerprint density at radius 3 is 2.94 bits per heavy atom. The molecule has 0 spiro atoms. The molecule has 0 N–H and O–H groups in total. The third-order valence-electron chi connectivity index (χ3n) is 2.45. The average molecular weight is 216 g/mol. The number of rotatable bonds is 3. The quantitative estimate of drug-likeness (QED) is 0.583. The molecular formula is C12H12N2O2. The van der Waals surface area contributed by atoms with Crippen LogP contribution in [0, 0.1) is 6.92 Å². The summed E-state index contributed by atoms with van der Waals surface area (Å²) < 4.78 is 6.76. The minimum absolute atomic E-state index is 0.145. The minimum Gasteiger partial charge on any atom is -0.461 e. The molecule has 4 heteroatoms. The molecule has 0 aromatic carbocycles. The van der Waals surface area contributed by atoms with Crippen LogP contribution in [0.15, 0.2) is 35.1 Å². The lowest BCUT2D eigenvalue weighted by Crippen LogP contribution is -1.93. The van der Waals surface area contributed by atoms with Crippen molar-refractivity contribution < 1.29 is 9.21 Å². The Hall–Kier alpha value is -2.10. The number of hydrogen-bond acceptors (Lipinski definition) is 3. The van der Waals surface area contributed by atoms with Gasteiger partial charge in [-0.15, -0.1) is 0 Å². The molecule has 4 nitrogen and oxygen atoms in total. The Kier molecular flexibility index (Phi) is 2.72. The van der Waals surface area contributed by atoms with Crippen LogP contribution in [0.5, 0.6) is 0 Å². The zero-order chi connectivity index (χ0) is 11.5. The first-order chi connectivity index (χ1) is 7.68. The number of hydrogen-bond donors (Lipinski definition) is 0. The molecule has 0 unspecified atom stereocenters. The smallest absolute Gasteiger partial charge is 0.221 e. The molecule has 0 atom stereocenters. The van der Waals surface area contributed by atoms with E-state index in [1.54, 1.807) is 29.1 Å². The lowest BCUT2D eigenvalue weighted by Gasteiger charge is -1.93. The normalized spacial score (nSPS) is 11.1. The van der Waals surface area contributed by atoms with Crippen molar-refractivity contribution >= 4 is 11.9 Å². The molecule has 0 aliphatic rings. The maximum atomic E-state index is 11.6. The monoisotopic (exact) mass is 216 g/mol. The fourth-order valence-corrected chi connectivity index (χ4v) is 1.35. The van der Waals surface area contributed by atoms with Crippen LogP contribution in [0.2, 0.25) is 0 Å². The van der Waals surface area contributed by atoms with E-state index in [0.29, 0.717) is 5.76 Å². The topological polar surface area (TPSA) is 48.0 Å². The van der Waals surface area contributed by atoms with E-state index in [4.69, 9.17) is 4.42 Å². The minimum atomic E-state index is -0.145. The van der Waals surface area contributed by atoms with Crippen LogP contribution in [0.25, 0.3) is 6.08 Å². The fourth-order valence-electron chi connectivity index (χ4n) is 1.35. The van der Waals surface area contributed by atoms with Gasteiger partial charge < -0.3 is 4.42 Å². The van der Waals surface area contributed by atoms with Crippen LogP contribution in [0.4, 0.5) is 0 Å². The molecule has 2 rings (SSSR count). The van der Waals surface area contributed by atoms with Crippen molar-refractivity contribution in [3.05, 3.63) is 47.7 Å². The second-order valence-corrected chi connectivity index (χ2v) is 3.48. The summed E-state index contributed by atoms with van der Waals surface area (Å²) in [4.78, 5) is 11.6. The van der Waals surface area contributed by atoms with Crippen molar-refractivity contribution in [3.63, 3.8) is 0 Å². The molecule has 0 saturated carbocycles. The van der Waals surface area contributed by atoms with Crippen molar-refractivity contribution in [2.24, 2.45) is 7.05 Å². The van der Waals surface area contributed by atoms with Crippen LogP contribution < -0.4 is 0 Å². The number of carbonyl (C=O) groups excluding carboxylic acids is 1. The molecule has 0 radical (unpaired) electrons. The van der Waals surface area contributed by atoms with E-state index >= 15 is 0 Å². The summed E-state index contributed by atoms with van der Waals surface area (Å²) in [6, 6.07) is 3.33. The predicted octanol–water partition coefficient (Wildman–Crippen LogP) is 2.22. The number of allylic oxidation sites excluding steroid dienone is 1. The lowest BCUT2D eigenvalue weighted by molar-refractivity contribution is 0.102. The van der Waals surface area contributed by atoms with E-state index in [0.717, 1.165) is 11.3 Å². The molecule has 0 saturated heterocycles. The van der Waals surface area contributed by atoms with Gasteiger partial charge in [-0.05, 0) is 31.2 Å². The van der Waals surface area contributed by atoms with Crippen LogP contribution in [-0.2, 0) is 7.05 Å². The zero-order valence-corrected chi connectivity index (χ0v) is 9.18. The SMILES string of the molecule is Cc1c(C=CC(=O)c2ccco2)cnn1C. The largest absolute Gasteiger partial charge is 0.461 e. The number of aromatic nitrogens is 2. The molecule has 0 amide bonds. The third-order valence-corrected chi connectivity index (χ3v) is 2.45. The third kappa shape index (κ3) is 1.95. The van der Waals surface area contributed by atoms with Gasteiger partial charge in [-0.1, -0.05) is 0 Å². The molecule has 82 valence electrons. The molecule has 0 fully saturated rings. The molecule has 2 aromatic heterocycles. The predicted molar refractivity (Wildman–Crippen MR) is 60.0 cm³/mol. The van der Waals surface area contributed by atoms with E-state index in [2.05, 4.69) is 5.10 Å². The highest BCUT2D eigenvalue weighted by molar-refractivity contribution is 6.04. The molecule has 0 aliphatic heterocycles. The van der Waals surface area contributed by atoms with Gasteiger partial charge in [0.2, 0.25) is 5.78 Å². The van der Waals surface area contributed by atoms with Gasteiger partial charge in [-0.2, -0.15) is 5.10 Å². The van der Waals surface area contributed by atoms with Crippen molar-refractivity contribution in [2.75, 3.05) is 0 Å². The molecule has 2 heterocycles. The van der Waals surface area contributed by atoms with E-state index in [1.165, 1.54) is 12.3 Å². The second-order valence-electron chi connectivity index (χ2n) is 3.48. The summed E-state index contributed by atoms with van der Waals surface area (Å²) in [5, 5.41) is 4.09. The molecule has 16 heavy (non-hydrogen) atoms. The Labute approximate surface area is 93.2 Å². The van der Waals surface area contributed by atoms with Crippen LogP contribution in [-0.4, -0.2) is 15.6 Å². The van der Waals surface area contributed by atoms with E-state index in [9.17, 15) is 4.79 Å².